The molecule has 4 nitrogen and oxygen atoms in total. The molecule has 0 unspecified atom stereocenters. The van der Waals surface area contributed by atoms with Crippen LogP contribution in [0.1, 0.15) is 44.9 Å². The van der Waals surface area contributed by atoms with Crippen LogP contribution in [0.25, 0.3) is 0 Å². The largest absolute Gasteiger partial charge is 0.355 e. The molecule has 0 aromatic carbocycles. The second-order valence-corrected chi connectivity index (χ2v) is 5.55. The zero-order chi connectivity index (χ0) is 12.6. The lowest BCUT2D eigenvalue weighted by molar-refractivity contribution is -0.123. The normalized spacial score (nSPS) is 25.9. The third kappa shape index (κ3) is 4.58. The van der Waals surface area contributed by atoms with Crippen LogP contribution in [0.3, 0.4) is 0 Å². The van der Waals surface area contributed by atoms with Crippen molar-refractivity contribution >= 4 is 5.91 Å². The van der Waals surface area contributed by atoms with Crippen LogP contribution < -0.4 is 10.6 Å². The Morgan fingerprint density at radius 2 is 2.00 bits per heavy atom. The van der Waals surface area contributed by atoms with E-state index in [0.717, 1.165) is 32.5 Å². The number of carbonyl (C=O) groups excluding carboxylic acids is 1. The fourth-order valence-corrected chi connectivity index (χ4v) is 2.90. The van der Waals surface area contributed by atoms with Crippen LogP contribution >= 0.6 is 0 Å². The lowest BCUT2D eigenvalue weighted by atomic mass is 10.0. The van der Waals surface area contributed by atoms with Gasteiger partial charge in [0.15, 0.2) is 0 Å². The first-order chi connectivity index (χ1) is 8.86. The topological polar surface area (TPSA) is 44.4 Å². The van der Waals surface area contributed by atoms with Gasteiger partial charge in [0, 0.05) is 6.54 Å². The van der Waals surface area contributed by atoms with E-state index in [1.807, 2.05) is 0 Å². The van der Waals surface area contributed by atoms with Gasteiger partial charge < -0.3 is 15.5 Å². The average Bonchev–Trinajstić information content (AvgIpc) is 2.45. The molecule has 0 radical (unpaired) electrons. The number of amides is 1. The van der Waals surface area contributed by atoms with E-state index in [9.17, 15) is 4.79 Å². The van der Waals surface area contributed by atoms with Gasteiger partial charge in [-0.3, -0.25) is 4.79 Å². The van der Waals surface area contributed by atoms with Crippen LogP contribution in [0, 0.1) is 0 Å². The number of hydrogen-bond acceptors (Lipinski definition) is 3. The Balaban J connectivity index is 1.52. The van der Waals surface area contributed by atoms with Gasteiger partial charge in [0.2, 0.25) is 5.91 Å². The van der Waals surface area contributed by atoms with Crippen molar-refractivity contribution < 1.29 is 4.79 Å². The molecule has 1 amide bonds. The third-order valence-corrected chi connectivity index (χ3v) is 4.03. The van der Waals surface area contributed by atoms with Crippen molar-refractivity contribution in [3.63, 3.8) is 0 Å². The first kappa shape index (κ1) is 13.8. The molecule has 2 aliphatic rings. The molecule has 0 bridgehead atoms. The molecule has 4 heteroatoms. The Morgan fingerprint density at radius 1 is 1.17 bits per heavy atom. The smallest absolute Gasteiger partial charge is 0.237 e. The minimum absolute atomic E-state index is 0.0636. The number of hydrogen-bond donors (Lipinski definition) is 2. The van der Waals surface area contributed by atoms with Gasteiger partial charge in [-0.15, -0.1) is 0 Å². The van der Waals surface area contributed by atoms with Crippen molar-refractivity contribution in [1.82, 2.24) is 15.5 Å². The van der Waals surface area contributed by atoms with E-state index in [2.05, 4.69) is 15.5 Å². The van der Waals surface area contributed by atoms with Crippen LogP contribution in [0.15, 0.2) is 0 Å². The Labute approximate surface area is 110 Å². The van der Waals surface area contributed by atoms with Gasteiger partial charge in [-0.1, -0.05) is 12.8 Å². The maximum atomic E-state index is 11.9. The minimum atomic E-state index is 0.0636. The van der Waals surface area contributed by atoms with Crippen LogP contribution in [0.4, 0.5) is 0 Å². The predicted octanol–water partition coefficient (Wildman–Crippen LogP) is 1.12. The Hall–Kier alpha value is -0.610. The number of carbonyl (C=O) groups is 1. The quantitative estimate of drug-likeness (QED) is 0.722. The highest BCUT2D eigenvalue weighted by Gasteiger charge is 2.19. The highest BCUT2D eigenvalue weighted by molar-refractivity contribution is 5.81. The van der Waals surface area contributed by atoms with E-state index >= 15 is 0 Å². The van der Waals surface area contributed by atoms with Crippen LogP contribution in [0.5, 0.6) is 0 Å². The Bertz CT molecular complexity index is 245. The van der Waals surface area contributed by atoms with Gasteiger partial charge >= 0.3 is 0 Å². The van der Waals surface area contributed by atoms with E-state index < -0.39 is 0 Å². The maximum absolute atomic E-state index is 11.9. The first-order valence-electron chi connectivity index (χ1n) is 7.60. The molecule has 0 spiro atoms. The van der Waals surface area contributed by atoms with Crippen molar-refractivity contribution in [3.05, 3.63) is 0 Å². The summed E-state index contributed by atoms with van der Waals surface area (Å²) in [6, 6.07) is 0.0636. The standard InChI is InChI=1S/C14H27N3O/c18-14(13-7-2-3-8-15-13)16-9-6-12-17-10-4-1-5-11-17/h13,15H,1-12H2,(H,16,18)/t13-/m0/s1. The van der Waals surface area contributed by atoms with Gasteiger partial charge in [-0.25, -0.2) is 0 Å². The lowest BCUT2D eigenvalue weighted by Crippen LogP contribution is -2.47. The predicted molar refractivity (Wildman–Crippen MR) is 73.6 cm³/mol. The van der Waals surface area contributed by atoms with E-state index in [1.54, 1.807) is 0 Å². The Morgan fingerprint density at radius 3 is 2.72 bits per heavy atom. The zero-order valence-electron chi connectivity index (χ0n) is 11.4. The molecule has 2 rings (SSSR count). The van der Waals surface area contributed by atoms with Gasteiger partial charge in [0.25, 0.3) is 0 Å². The molecule has 2 heterocycles. The van der Waals surface area contributed by atoms with Crippen molar-refractivity contribution in [2.24, 2.45) is 0 Å². The van der Waals surface area contributed by atoms with Crippen molar-refractivity contribution in [2.45, 2.75) is 51.0 Å². The number of rotatable bonds is 5. The van der Waals surface area contributed by atoms with Crippen LogP contribution in [0.2, 0.25) is 0 Å². The molecule has 0 aliphatic carbocycles. The minimum Gasteiger partial charge on any atom is -0.355 e. The molecule has 2 fully saturated rings. The van der Waals surface area contributed by atoms with Gasteiger partial charge in [0.05, 0.1) is 6.04 Å². The molecule has 0 aromatic rings. The molecule has 0 aromatic heterocycles. The molecular formula is C14H27N3O. The summed E-state index contributed by atoms with van der Waals surface area (Å²) in [6.45, 7) is 5.45. The number of nitrogens with one attached hydrogen (secondary N) is 2. The third-order valence-electron chi connectivity index (χ3n) is 4.03. The summed E-state index contributed by atoms with van der Waals surface area (Å²) in [6.07, 6.45) is 8.55. The monoisotopic (exact) mass is 253 g/mol. The summed E-state index contributed by atoms with van der Waals surface area (Å²) >= 11 is 0. The van der Waals surface area contributed by atoms with Crippen molar-refractivity contribution in [1.29, 1.82) is 0 Å². The molecule has 2 saturated heterocycles. The van der Waals surface area contributed by atoms with E-state index in [-0.39, 0.29) is 11.9 Å². The van der Waals surface area contributed by atoms with Gasteiger partial charge in [-0.05, 0) is 58.3 Å². The van der Waals surface area contributed by atoms with Crippen LogP contribution in [-0.4, -0.2) is 49.6 Å². The molecule has 2 N–H and O–H groups in total. The number of nitrogens with zero attached hydrogens (tertiary/aromatic N) is 1. The van der Waals surface area contributed by atoms with Gasteiger partial charge in [-0.2, -0.15) is 0 Å². The molecular weight excluding hydrogens is 226 g/mol. The SMILES string of the molecule is O=C(NCCCN1CCCCC1)[C@@H]1CCCCN1. The molecule has 2 aliphatic heterocycles. The van der Waals surface area contributed by atoms with Crippen LogP contribution in [-0.2, 0) is 4.79 Å². The van der Waals surface area contributed by atoms with Crippen molar-refractivity contribution in [2.75, 3.05) is 32.7 Å². The number of piperidine rings is 2. The summed E-state index contributed by atoms with van der Waals surface area (Å²) in [4.78, 5) is 14.4. The van der Waals surface area contributed by atoms with E-state index in [4.69, 9.17) is 0 Å². The summed E-state index contributed by atoms with van der Waals surface area (Å²) in [7, 11) is 0. The second kappa shape index (κ2) is 7.74. The average molecular weight is 253 g/mol. The lowest BCUT2D eigenvalue weighted by Gasteiger charge is -2.26. The summed E-state index contributed by atoms with van der Waals surface area (Å²) in [5.41, 5.74) is 0. The summed E-state index contributed by atoms with van der Waals surface area (Å²) < 4.78 is 0. The first-order valence-corrected chi connectivity index (χ1v) is 7.60. The van der Waals surface area contributed by atoms with E-state index in [1.165, 1.54) is 45.2 Å². The molecule has 18 heavy (non-hydrogen) atoms. The summed E-state index contributed by atoms with van der Waals surface area (Å²) in [5.74, 6) is 0.202. The maximum Gasteiger partial charge on any atom is 0.237 e. The van der Waals surface area contributed by atoms with E-state index in [0.29, 0.717) is 0 Å². The molecule has 1 atom stereocenters. The molecule has 0 saturated carbocycles. The zero-order valence-corrected chi connectivity index (χ0v) is 11.4. The van der Waals surface area contributed by atoms with Crippen molar-refractivity contribution in [3.8, 4) is 0 Å². The highest BCUT2D eigenvalue weighted by Crippen LogP contribution is 2.09. The fourth-order valence-electron chi connectivity index (χ4n) is 2.90. The fraction of sp³-hybridized carbons (Fsp3) is 0.929. The highest BCUT2D eigenvalue weighted by atomic mass is 16.2. The molecule has 104 valence electrons. The number of likely N-dealkylation sites (tertiary alicyclic amines) is 1. The van der Waals surface area contributed by atoms with Gasteiger partial charge in [0.1, 0.15) is 0 Å². The Kier molecular flexibility index (Phi) is 5.94. The second-order valence-electron chi connectivity index (χ2n) is 5.55. The summed E-state index contributed by atoms with van der Waals surface area (Å²) in [5, 5.41) is 6.35.